The van der Waals surface area contributed by atoms with Crippen molar-refractivity contribution in [2.45, 2.75) is 17.2 Å². The highest BCUT2D eigenvalue weighted by atomic mass is 32.2. The summed E-state index contributed by atoms with van der Waals surface area (Å²) in [5.74, 6) is -1.12. The summed E-state index contributed by atoms with van der Waals surface area (Å²) in [6.45, 7) is 2.78. The number of carboxylic acids is 1. The maximum Gasteiger partial charge on any atom is 0.336 e. The third-order valence-electron chi connectivity index (χ3n) is 2.69. The second-order valence-corrected chi connectivity index (χ2v) is 7.03. The molecule has 0 radical (unpaired) electrons. The molecule has 0 bridgehead atoms. The minimum Gasteiger partial charge on any atom is -0.478 e. The molecule has 1 atom stereocenters. The number of rotatable bonds is 3. The highest BCUT2D eigenvalue weighted by Gasteiger charge is 2.32. The zero-order valence-electron chi connectivity index (χ0n) is 9.70. The van der Waals surface area contributed by atoms with Gasteiger partial charge in [0.25, 0.3) is 10.0 Å². The number of carbonyl (C=O) groups is 1. The van der Waals surface area contributed by atoms with Crippen molar-refractivity contribution in [1.82, 2.24) is 4.31 Å². The van der Waals surface area contributed by atoms with Crippen LogP contribution in [0.15, 0.2) is 15.7 Å². The van der Waals surface area contributed by atoms with Gasteiger partial charge in [0.2, 0.25) is 0 Å². The second kappa shape index (κ2) is 4.96. The smallest absolute Gasteiger partial charge is 0.336 e. The van der Waals surface area contributed by atoms with Crippen molar-refractivity contribution in [3.8, 4) is 0 Å². The highest BCUT2D eigenvalue weighted by molar-refractivity contribution is 7.91. The van der Waals surface area contributed by atoms with Gasteiger partial charge in [-0.15, -0.1) is 11.3 Å². The van der Waals surface area contributed by atoms with E-state index in [1.807, 2.05) is 0 Å². The van der Waals surface area contributed by atoms with Gasteiger partial charge in [-0.3, -0.25) is 0 Å². The molecule has 1 unspecified atom stereocenters. The van der Waals surface area contributed by atoms with E-state index in [0.717, 1.165) is 11.3 Å². The van der Waals surface area contributed by atoms with Gasteiger partial charge in [0.15, 0.2) is 0 Å². The number of aromatic carboxylic acids is 1. The molecule has 18 heavy (non-hydrogen) atoms. The van der Waals surface area contributed by atoms with Gasteiger partial charge < -0.3 is 9.84 Å². The Balaban J connectivity index is 2.31. The van der Waals surface area contributed by atoms with E-state index in [9.17, 15) is 13.2 Å². The first-order chi connectivity index (χ1) is 8.43. The molecule has 100 valence electrons. The van der Waals surface area contributed by atoms with Crippen LogP contribution in [0.1, 0.15) is 17.3 Å². The Hall–Kier alpha value is -0.960. The maximum absolute atomic E-state index is 12.3. The van der Waals surface area contributed by atoms with Crippen LogP contribution in [-0.4, -0.2) is 49.6 Å². The van der Waals surface area contributed by atoms with E-state index < -0.39 is 16.0 Å². The largest absolute Gasteiger partial charge is 0.478 e. The van der Waals surface area contributed by atoms with Crippen LogP contribution in [0, 0.1) is 0 Å². The molecule has 8 heteroatoms. The Morgan fingerprint density at radius 3 is 2.89 bits per heavy atom. The van der Waals surface area contributed by atoms with Gasteiger partial charge in [-0.05, 0) is 13.0 Å². The van der Waals surface area contributed by atoms with Crippen molar-refractivity contribution in [2.24, 2.45) is 0 Å². The van der Waals surface area contributed by atoms with Gasteiger partial charge in [0.1, 0.15) is 4.21 Å². The number of ether oxygens (including phenoxy) is 1. The fourth-order valence-corrected chi connectivity index (χ4v) is 4.63. The van der Waals surface area contributed by atoms with Crippen molar-refractivity contribution in [3.63, 3.8) is 0 Å². The Kier molecular flexibility index (Phi) is 3.71. The Labute approximate surface area is 109 Å². The lowest BCUT2D eigenvalue weighted by molar-refractivity contribution is 0.0393. The fraction of sp³-hybridized carbons (Fsp3) is 0.500. The Morgan fingerprint density at radius 2 is 2.33 bits per heavy atom. The second-order valence-electron chi connectivity index (χ2n) is 4.00. The summed E-state index contributed by atoms with van der Waals surface area (Å²) in [5.41, 5.74) is -0.000475. The predicted molar refractivity (Wildman–Crippen MR) is 65.5 cm³/mol. The third-order valence-corrected chi connectivity index (χ3v) is 6.12. The van der Waals surface area contributed by atoms with E-state index in [4.69, 9.17) is 9.84 Å². The van der Waals surface area contributed by atoms with Crippen LogP contribution in [0.25, 0.3) is 0 Å². The number of sulfonamides is 1. The average molecular weight is 291 g/mol. The van der Waals surface area contributed by atoms with Crippen molar-refractivity contribution < 1.29 is 23.1 Å². The summed E-state index contributed by atoms with van der Waals surface area (Å²) in [5, 5.41) is 10.1. The number of thiophene rings is 1. The molecule has 2 rings (SSSR count). The summed E-state index contributed by atoms with van der Waals surface area (Å²) in [6, 6.07) is 0.962. The van der Waals surface area contributed by atoms with E-state index >= 15 is 0 Å². The standard InChI is InChI=1S/C10H13NO5S2/c1-7-5-16-3-2-11(7)18(14,15)9-4-8(6-17-9)10(12)13/h4,6-7H,2-3,5H2,1H3,(H,12,13). The van der Waals surface area contributed by atoms with Crippen molar-refractivity contribution >= 4 is 27.3 Å². The van der Waals surface area contributed by atoms with E-state index in [1.54, 1.807) is 6.92 Å². The lowest BCUT2D eigenvalue weighted by atomic mass is 10.3. The van der Waals surface area contributed by atoms with Gasteiger partial charge in [-0.1, -0.05) is 0 Å². The molecule has 0 amide bonds. The number of hydrogen-bond acceptors (Lipinski definition) is 5. The van der Waals surface area contributed by atoms with Crippen molar-refractivity contribution in [3.05, 3.63) is 17.0 Å². The predicted octanol–water partition coefficient (Wildman–Crippen LogP) is 0.856. The van der Waals surface area contributed by atoms with Gasteiger partial charge >= 0.3 is 5.97 Å². The maximum atomic E-state index is 12.3. The normalized spacial score (nSPS) is 21.9. The van der Waals surface area contributed by atoms with Gasteiger partial charge in [-0.25, -0.2) is 13.2 Å². The SMILES string of the molecule is CC1COCCN1S(=O)(=O)c1cc(C(=O)O)cs1. The summed E-state index contributed by atoms with van der Waals surface area (Å²) in [4.78, 5) is 10.8. The van der Waals surface area contributed by atoms with Gasteiger partial charge in [0.05, 0.1) is 18.8 Å². The number of hydrogen-bond donors (Lipinski definition) is 1. The summed E-state index contributed by atoms with van der Waals surface area (Å²) in [6.07, 6.45) is 0. The Morgan fingerprint density at radius 1 is 1.61 bits per heavy atom. The van der Waals surface area contributed by atoms with E-state index in [-0.39, 0.29) is 15.8 Å². The van der Waals surface area contributed by atoms with Crippen LogP contribution in [0.2, 0.25) is 0 Å². The van der Waals surface area contributed by atoms with Crippen molar-refractivity contribution in [1.29, 1.82) is 0 Å². The first kappa shape index (κ1) is 13.5. The lowest BCUT2D eigenvalue weighted by Crippen LogP contribution is -2.46. The van der Waals surface area contributed by atoms with Crippen LogP contribution in [-0.2, 0) is 14.8 Å². The van der Waals surface area contributed by atoms with Crippen molar-refractivity contribution in [2.75, 3.05) is 19.8 Å². The van der Waals surface area contributed by atoms with E-state index in [2.05, 4.69) is 0 Å². The summed E-state index contributed by atoms with van der Waals surface area (Å²) < 4.78 is 31.3. The minimum atomic E-state index is -3.62. The summed E-state index contributed by atoms with van der Waals surface area (Å²) >= 11 is 0.929. The molecule has 1 N–H and O–H groups in total. The number of morpholine rings is 1. The molecule has 2 heterocycles. The van der Waals surface area contributed by atoms with Crippen LogP contribution < -0.4 is 0 Å². The van der Waals surface area contributed by atoms with Crippen LogP contribution in [0.4, 0.5) is 0 Å². The molecule has 1 aliphatic heterocycles. The number of carboxylic acid groups (broad SMARTS) is 1. The fourth-order valence-electron chi connectivity index (χ4n) is 1.75. The summed E-state index contributed by atoms with van der Waals surface area (Å²) in [7, 11) is -3.62. The minimum absolute atomic E-state index is 0.000475. The molecule has 1 aliphatic rings. The molecule has 0 spiro atoms. The molecular formula is C10H13NO5S2. The van der Waals surface area contributed by atoms with Crippen LogP contribution >= 0.6 is 11.3 Å². The Bertz CT molecular complexity index is 550. The molecular weight excluding hydrogens is 278 g/mol. The quantitative estimate of drug-likeness (QED) is 0.892. The highest BCUT2D eigenvalue weighted by Crippen LogP contribution is 2.26. The molecule has 1 aromatic heterocycles. The first-order valence-electron chi connectivity index (χ1n) is 5.34. The van der Waals surface area contributed by atoms with E-state index in [1.165, 1.54) is 15.8 Å². The van der Waals surface area contributed by atoms with Crippen LogP contribution in [0.3, 0.4) is 0 Å². The average Bonchev–Trinajstić information content (AvgIpc) is 2.79. The monoisotopic (exact) mass is 291 g/mol. The topological polar surface area (TPSA) is 83.9 Å². The van der Waals surface area contributed by atoms with E-state index in [0.29, 0.717) is 19.8 Å². The third kappa shape index (κ3) is 2.41. The zero-order valence-corrected chi connectivity index (χ0v) is 11.3. The molecule has 0 aliphatic carbocycles. The zero-order chi connectivity index (χ0) is 13.3. The first-order valence-corrected chi connectivity index (χ1v) is 7.66. The molecule has 1 saturated heterocycles. The molecule has 6 nitrogen and oxygen atoms in total. The number of nitrogens with zero attached hydrogens (tertiary/aromatic N) is 1. The van der Waals surface area contributed by atoms with Gasteiger partial charge in [-0.2, -0.15) is 4.31 Å². The molecule has 1 aromatic rings. The van der Waals surface area contributed by atoms with Crippen LogP contribution in [0.5, 0.6) is 0 Å². The lowest BCUT2D eigenvalue weighted by Gasteiger charge is -2.31. The molecule has 0 saturated carbocycles. The molecule has 0 aromatic carbocycles. The van der Waals surface area contributed by atoms with Gasteiger partial charge in [0, 0.05) is 18.0 Å². The molecule has 1 fully saturated rings.